The van der Waals surface area contributed by atoms with Crippen molar-refractivity contribution in [3.8, 4) is 0 Å². The third kappa shape index (κ3) is 5.23. The van der Waals surface area contributed by atoms with Gasteiger partial charge in [0.05, 0.1) is 12.2 Å². The number of rotatable bonds is 9. The lowest BCUT2D eigenvalue weighted by Gasteiger charge is -2.44. The van der Waals surface area contributed by atoms with E-state index in [0.717, 1.165) is 12.3 Å². The Balaban J connectivity index is 1.51. The second-order valence-corrected chi connectivity index (χ2v) is 20.7. The molecule has 4 saturated carbocycles. The van der Waals surface area contributed by atoms with E-state index in [1.165, 1.54) is 44.1 Å². The molecule has 9 atom stereocenters. The number of methoxy groups -OCH3 is 1. The first kappa shape index (κ1) is 30.3. The van der Waals surface area contributed by atoms with E-state index >= 15 is 0 Å². The maximum absolute atomic E-state index is 6.92. The monoisotopic (exact) mass is 540 g/mol. The zero-order chi connectivity index (χ0) is 28.3. The Hall–Kier alpha value is -0.643. The van der Waals surface area contributed by atoms with Crippen LogP contribution in [0.2, 0.25) is 18.1 Å². The molecule has 0 bridgehead atoms. The molecule has 2 nitrogen and oxygen atoms in total. The molecule has 0 aromatic rings. The Kier molecular flexibility index (Phi) is 8.49. The highest BCUT2D eigenvalue weighted by molar-refractivity contribution is 6.74. The normalized spacial score (nSPS) is 39.1. The second kappa shape index (κ2) is 10.6. The van der Waals surface area contributed by atoms with Crippen LogP contribution in [0.4, 0.5) is 0 Å². The molecule has 0 saturated heterocycles. The van der Waals surface area contributed by atoms with Gasteiger partial charge in [-0.05, 0) is 110 Å². The average molecular weight is 541 g/mol. The van der Waals surface area contributed by atoms with Crippen LogP contribution < -0.4 is 0 Å². The predicted octanol–water partition coefficient (Wildman–Crippen LogP) is 9.99. The summed E-state index contributed by atoms with van der Waals surface area (Å²) >= 11 is 0. The first-order valence-electron chi connectivity index (χ1n) is 15.9. The maximum atomic E-state index is 6.92. The molecule has 0 amide bonds. The summed E-state index contributed by atoms with van der Waals surface area (Å²) in [5.41, 5.74) is 3.54. The molecule has 0 heterocycles. The zero-order valence-corrected chi connectivity index (χ0v) is 27.8. The maximum Gasteiger partial charge on any atom is 0.192 e. The zero-order valence-electron chi connectivity index (χ0n) is 26.8. The smallest absolute Gasteiger partial charge is 0.192 e. The number of fused-ring (bicyclic) bond motifs is 2. The summed E-state index contributed by atoms with van der Waals surface area (Å²) in [6.07, 6.45) is 17.0. The van der Waals surface area contributed by atoms with Crippen molar-refractivity contribution in [3.05, 3.63) is 36.0 Å². The van der Waals surface area contributed by atoms with Crippen molar-refractivity contribution in [2.45, 2.75) is 131 Å². The van der Waals surface area contributed by atoms with E-state index in [1.54, 1.807) is 5.57 Å². The van der Waals surface area contributed by atoms with E-state index in [-0.39, 0.29) is 22.7 Å². The molecule has 0 radical (unpaired) electrons. The minimum absolute atomic E-state index is 0.101. The van der Waals surface area contributed by atoms with Gasteiger partial charge in [0, 0.05) is 12.5 Å². The van der Waals surface area contributed by atoms with E-state index in [9.17, 15) is 0 Å². The van der Waals surface area contributed by atoms with Crippen molar-refractivity contribution in [1.82, 2.24) is 0 Å². The predicted molar refractivity (Wildman–Crippen MR) is 166 cm³/mol. The van der Waals surface area contributed by atoms with E-state index < -0.39 is 8.32 Å². The summed E-state index contributed by atoms with van der Waals surface area (Å²) in [5.74, 6) is 4.18. The fourth-order valence-corrected chi connectivity index (χ4v) is 9.69. The number of hydrogen-bond donors (Lipinski definition) is 0. The summed E-state index contributed by atoms with van der Waals surface area (Å²) < 4.78 is 13.3. The molecule has 0 unspecified atom stereocenters. The van der Waals surface area contributed by atoms with Gasteiger partial charge in [0.15, 0.2) is 8.32 Å². The van der Waals surface area contributed by atoms with Gasteiger partial charge in [0.2, 0.25) is 0 Å². The summed E-state index contributed by atoms with van der Waals surface area (Å²) in [7, 11) is 0.104. The molecule has 216 valence electrons. The third-order valence-corrected chi connectivity index (χ3v) is 16.9. The molecule has 0 aliphatic heterocycles. The molecule has 0 aromatic carbocycles. The van der Waals surface area contributed by atoms with Gasteiger partial charge in [0.1, 0.15) is 0 Å². The molecule has 0 N–H and O–H groups in total. The van der Waals surface area contributed by atoms with Crippen LogP contribution in [0.1, 0.15) is 100 Å². The largest absolute Gasteiger partial charge is 0.410 e. The SMILES string of the molecule is C=C1[C@@H](O[Si](C)(C)C(C)(C)C)C[C@@H]2C[C@]12[C@@H](/C=C1\CCC[C@]2(C)[C@@H]([C@H](C)/C=C/[C@H](C)C(C)C)CC[C@@H]12)OC. The highest BCUT2D eigenvalue weighted by atomic mass is 28.4. The molecule has 4 aliphatic carbocycles. The summed E-state index contributed by atoms with van der Waals surface area (Å²) in [6, 6.07) is 0. The summed E-state index contributed by atoms with van der Waals surface area (Å²) in [5, 5.41) is 0.223. The molecular formula is C35H60O2Si. The lowest BCUT2D eigenvalue weighted by atomic mass is 9.61. The van der Waals surface area contributed by atoms with Crippen LogP contribution in [0.25, 0.3) is 0 Å². The van der Waals surface area contributed by atoms with Gasteiger partial charge in [0.25, 0.3) is 0 Å². The first-order valence-corrected chi connectivity index (χ1v) is 18.8. The third-order valence-electron chi connectivity index (χ3n) is 12.5. The topological polar surface area (TPSA) is 18.5 Å². The van der Waals surface area contributed by atoms with Gasteiger partial charge in [-0.25, -0.2) is 0 Å². The highest BCUT2D eigenvalue weighted by Crippen LogP contribution is 2.70. The molecular weight excluding hydrogens is 480 g/mol. The minimum Gasteiger partial charge on any atom is -0.410 e. The van der Waals surface area contributed by atoms with Crippen LogP contribution in [0, 0.1) is 46.3 Å². The Labute approximate surface area is 237 Å². The Morgan fingerprint density at radius 1 is 1.08 bits per heavy atom. The van der Waals surface area contributed by atoms with Crippen LogP contribution >= 0.6 is 0 Å². The molecule has 4 aliphatic rings. The van der Waals surface area contributed by atoms with Gasteiger partial charge in [-0.2, -0.15) is 0 Å². The molecule has 4 rings (SSSR count). The van der Waals surface area contributed by atoms with Crippen LogP contribution in [-0.4, -0.2) is 27.6 Å². The molecule has 38 heavy (non-hydrogen) atoms. The van der Waals surface area contributed by atoms with Crippen LogP contribution in [0.15, 0.2) is 36.0 Å². The quantitative estimate of drug-likeness (QED) is 0.214. The van der Waals surface area contributed by atoms with Crippen molar-refractivity contribution in [3.63, 3.8) is 0 Å². The van der Waals surface area contributed by atoms with Gasteiger partial charge in [-0.1, -0.05) is 85.8 Å². The Bertz CT molecular complexity index is 938. The van der Waals surface area contributed by atoms with Crippen LogP contribution in [-0.2, 0) is 9.16 Å². The van der Waals surface area contributed by atoms with Crippen molar-refractivity contribution in [2.75, 3.05) is 7.11 Å². The number of allylic oxidation sites excluding steroid dienone is 3. The number of ether oxygens (including phenoxy) is 1. The number of hydrogen-bond acceptors (Lipinski definition) is 2. The van der Waals surface area contributed by atoms with Gasteiger partial charge >= 0.3 is 0 Å². The van der Waals surface area contributed by atoms with Crippen molar-refractivity contribution < 1.29 is 9.16 Å². The van der Waals surface area contributed by atoms with Crippen LogP contribution in [0.5, 0.6) is 0 Å². The first-order chi connectivity index (χ1) is 17.6. The van der Waals surface area contributed by atoms with E-state index in [4.69, 9.17) is 15.7 Å². The Morgan fingerprint density at radius 2 is 1.76 bits per heavy atom. The van der Waals surface area contributed by atoms with Gasteiger partial charge < -0.3 is 9.16 Å². The fraction of sp³-hybridized carbons (Fsp3) is 0.829. The summed E-state index contributed by atoms with van der Waals surface area (Å²) in [4.78, 5) is 0. The van der Waals surface area contributed by atoms with E-state index in [2.05, 4.69) is 86.7 Å². The average Bonchev–Trinajstić information content (AvgIpc) is 3.33. The second-order valence-electron chi connectivity index (χ2n) is 15.9. The lowest BCUT2D eigenvalue weighted by molar-refractivity contribution is 0.0800. The van der Waals surface area contributed by atoms with Crippen LogP contribution in [0.3, 0.4) is 0 Å². The van der Waals surface area contributed by atoms with Crippen molar-refractivity contribution >= 4 is 8.32 Å². The highest BCUT2D eigenvalue weighted by Gasteiger charge is 2.67. The van der Waals surface area contributed by atoms with Crippen molar-refractivity contribution in [1.29, 1.82) is 0 Å². The summed E-state index contributed by atoms with van der Waals surface area (Å²) in [6.45, 7) is 28.6. The minimum atomic E-state index is -1.83. The van der Waals surface area contributed by atoms with E-state index in [1.807, 2.05) is 7.11 Å². The molecule has 0 spiro atoms. The lowest BCUT2D eigenvalue weighted by Crippen LogP contribution is -2.44. The standard InChI is InChI=1S/C35H60O2Si/c1-23(2)24(3)15-16-25(4)29-17-18-30-27(14-13-19-34(29,30)9)20-32(36-10)35-22-28(35)21-31(26(35)5)37-38(11,12)33(6,7)8/h15-16,20,23-25,28-32H,5,13-14,17-19,21-22H2,1-4,6-12H3/b16-15+,27-20+/t24-,25+,28+,29+,30-,31-,32+,34+,35-/m0/s1. The Morgan fingerprint density at radius 3 is 2.37 bits per heavy atom. The van der Waals surface area contributed by atoms with Gasteiger partial charge in [-0.3, -0.25) is 0 Å². The van der Waals surface area contributed by atoms with Gasteiger partial charge in [-0.15, -0.1) is 0 Å². The van der Waals surface area contributed by atoms with Crippen molar-refractivity contribution in [2.24, 2.45) is 46.3 Å². The molecule has 3 heteroatoms. The molecule has 4 fully saturated rings. The molecule has 0 aromatic heterocycles. The fourth-order valence-electron chi connectivity index (χ4n) is 8.39. The van der Waals surface area contributed by atoms with E-state index in [0.29, 0.717) is 35.0 Å².